The lowest BCUT2D eigenvalue weighted by Crippen LogP contribution is -2.53. The van der Waals surface area contributed by atoms with E-state index in [1.165, 1.54) is 11.6 Å². The van der Waals surface area contributed by atoms with Crippen molar-refractivity contribution in [3.05, 3.63) is 63.9 Å². The van der Waals surface area contributed by atoms with Crippen LogP contribution in [0, 0.1) is 25.6 Å². The van der Waals surface area contributed by atoms with Gasteiger partial charge < -0.3 is 15.1 Å². The summed E-state index contributed by atoms with van der Waals surface area (Å²) in [5, 5.41) is 4.12. The predicted octanol–water partition coefficient (Wildman–Crippen LogP) is 4.14. The molecule has 2 saturated heterocycles. The lowest BCUT2D eigenvalue weighted by atomic mass is 9.78. The van der Waals surface area contributed by atoms with Crippen LogP contribution in [-0.4, -0.2) is 50.1 Å². The minimum atomic E-state index is -0.222. The molecule has 160 valence electrons. The normalized spacial score (nSPS) is 22.3. The average molecular weight is 430 g/mol. The van der Waals surface area contributed by atoms with Gasteiger partial charge in [0, 0.05) is 43.4 Å². The summed E-state index contributed by atoms with van der Waals surface area (Å²) in [6, 6.07) is 10.9. The number of piperazine rings is 1. The molecule has 0 aromatic heterocycles. The van der Waals surface area contributed by atoms with Crippen LogP contribution in [0.3, 0.4) is 0 Å². The summed E-state index contributed by atoms with van der Waals surface area (Å²) in [5.41, 5.74) is 4.38. The van der Waals surface area contributed by atoms with Gasteiger partial charge in [0.15, 0.2) is 0 Å². The molecule has 2 aliphatic rings. The molecule has 0 spiro atoms. The number of benzene rings is 2. The number of nitrogens with zero attached hydrogens (tertiary/aromatic N) is 2. The third kappa shape index (κ3) is 4.33. The van der Waals surface area contributed by atoms with Crippen LogP contribution < -0.4 is 10.2 Å². The molecule has 4 nitrogen and oxygen atoms in total. The van der Waals surface area contributed by atoms with Crippen molar-refractivity contribution < 1.29 is 9.18 Å². The Bertz CT molecular complexity index is 927. The molecule has 1 amide bonds. The van der Waals surface area contributed by atoms with Crippen molar-refractivity contribution in [2.45, 2.75) is 26.2 Å². The third-order valence-electron chi connectivity index (χ3n) is 6.53. The molecule has 2 atom stereocenters. The van der Waals surface area contributed by atoms with Crippen molar-refractivity contribution in [3.63, 3.8) is 0 Å². The van der Waals surface area contributed by atoms with Gasteiger partial charge in [-0.2, -0.15) is 0 Å². The summed E-state index contributed by atoms with van der Waals surface area (Å²) in [5.74, 6) is 0.00815. The fraction of sp³-hybridized carbons (Fsp3) is 0.458. The SMILES string of the molecule is Cc1cc(F)ccc1[C@@H]1CCNC[C@@H]1C(=O)N1CCN(c2cc(Cl)ccc2C)CC1. The van der Waals surface area contributed by atoms with Crippen molar-refractivity contribution >= 4 is 23.2 Å². The lowest BCUT2D eigenvalue weighted by Gasteiger charge is -2.41. The molecule has 2 heterocycles. The second kappa shape index (κ2) is 8.94. The maximum absolute atomic E-state index is 13.6. The van der Waals surface area contributed by atoms with Crippen LogP contribution in [0.25, 0.3) is 0 Å². The van der Waals surface area contributed by atoms with E-state index < -0.39 is 0 Å². The number of hydrogen-bond donors (Lipinski definition) is 1. The van der Waals surface area contributed by atoms with Gasteiger partial charge in [0.25, 0.3) is 0 Å². The Kier molecular flexibility index (Phi) is 6.30. The van der Waals surface area contributed by atoms with Crippen LogP contribution in [0.5, 0.6) is 0 Å². The molecule has 0 bridgehead atoms. The highest BCUT2D eigenvalue weighted by Gasteiger charge is 2.36. The highest BCUT2D eigenvalue weighted by Crippen LogP contribution is 2.34. The van der Waals surface area contributed by atoms with Gasteiger partial charge in [0.2, 0.25) is 5.91 Å². The molecule has 2 aliphatic heterocycles. The minimum absolute atomic E-state index is 0.109. The Labute approximate surface area is 183 Å². The Balaban J connectivity index is 1.46. The number of aryl methyl sites for hydroxylation is 2. The summed E-state index contributed by atoms with van der Waals surface area (Å²) < 4.78 is 13.6. The molecule has 1 N–H and O–H groups in total. The van der Waals surface area contributed by atoms with Crippen molar-refractivity contribution in [2.24, 2.45) is 5.92 Å². The molecule has 0 radical (unpaired) electrons. The average Bonchev–Trinajstić information content (AvgIpc) is 2.75. The van der Waals surface area contributed by atoms with E-state index in [1.807, 2.05) is 36.1 Å². The van der Waals surface area contributed by atoms with Crippen molar-refractivity contribution in [2.75, 3.05) is 44.2 Å². The summed E-state index contributed by atoms with van der Waals surface area (Å²) in [4.78, 5) is 17.8. The predicted molar refractivity (Wildman–Crippen MR) is 120 cm³/mol. The van der Waals surface area contributed by atoms with Gasteiger partial charge in [0.05, 0.1) is 5.92 Å². The van der Waals surface area contributed by atoms with E-state index in [-0.39, 0.29) is 23.6 Å². The Morgan fingerprint density at radius 1 is 1.07 bits per heavy atom. The largest absolute Gasteiger partial charge is 0.368 e. The zero-order valence-electron chi connectivity index (χ0n) is 17.6. The quantitative estimate of drug-likeness (QED) is 0.796. The molecule has 30 heavy (non-hydrogen) atoms. The minimum Gasteiger partial charge on any atom is -0.368 e. The standard InChI is InChI=1S/C24H29ClFN3O/c1-16-3-4-18(25)14-23(16)28-9-11-29(12-10-28)24(30)22-15-27-8-7-21(22)20-6-5-19(26)13-17(20)2/h3-6,13-14,21-22,27H,7-12,15H2,1-2H3/t21-,22-/m0/s1. The monoisotopic (exact) mass is 429 g/mol. The number of rotatable bonds is 3. The number of carbonyl (C=O) groups is 1. The second-order valence-corrected chi connectivity index (χ2v) is 8.89. The molecule has 0 unspecified atom stereocenters. The third-order valence-corrected chi connectivity index (χ3v) is 6.77. The molecule has 2 aromatic carbocycles. The van der Waals surface area contributed by atoms with E-state index in [0.29, 0.717) is 19.6 Å². The molecular formula is C24H29ClFN3O. The van der Waals surface area contributed by atoms with Crippen molar-refractivity contribution in [1.82, 2.24) is 10.2 Å². The summed E-state index contributed by atoms with van der Waals surface area (Å²) in [7, 11) is 0. The summed E-state index contributed by atoms with van der Waals surface area (Å²) in [6.45, 7) is 8.59. The van der Waals surface area contributed by atoms with Gasteiger partial charge in [0.1, 0.15) is 5.82 Å². The Morgan fingerprint density at radius 3 is 2.57 bits per heavy atom. The van der Waals surface area contributed by atoms with Gasteiger partial charge >= 0.3 is 0 Å². The number of hydrogen-bond acceptors (Lipinski definition) is 3. The van der Waals surface area contributed by atoms with Crippen LogP contribution in [0.15, 0.2) is 36.4 Å². The summed E-state index contributed by atoms with van der Waals surface area (Å²) in [6.07, 6.45) is 0.893. The molecule has 2 fully saturated rings. The van der Waals surface area contributed by atoms with E-state index in [4.69, 9.17) is 11.6 Å². The first-order valence-electron chi connectivity index (χ1n) is 10.7. The van der Waals surface area contributed by atoms with E-state index >= 15 is 0 Å². The first-order valence-corrected chi connectivity index (χ1v) is 11.1. The first kappa shape index (κ1) is 21.1. The number of nitrogens with one attached hydrogen (secondary N) is 1. The zero-order chi connectivity index (χ0) is 21.3. The van der Waals surface area contributed by atoms with Gasteiger partial charge in [-0.1, -0.05) is 23.7 Å². The van der Waals surface area contributed by atoms with Crippen LogP contribution in [0.4, 0.5) is 10.1 Å². The van der Waals surface area contributed by atoms with E-state index in [9.17, 15) is 9.18 Å². The second-order valence-electron chi connectivity index (χ2n) is 8.45. The highest BCUT2D eigenvalue weighted by atomic mass is 35.5. The lowest BCUT2D eigenvalue weighted by molar-refractivity contribution is -0.137. The van der Waals surface area contributed by atoms with Crippen molar-refractivity contribution in [1.29, 1.82) is 0 Å². The molecular weight excluding hydrogens is 401 g/mol. The number of anilines is 1. The Morgan fingerprint density at radius 2 is 1.83 bits per heavy atom. The number of carbonyl (C=O) groups excluding carboxylic acids is 1. The fourth-order valence-corrected chi connectivity index (χ4v) is 5.04. The molecule has 6 heteroatoms. The van der Waals surface area contributed by atoms with Crippen LogP contribution in [-0.2, 0) is 4.79 Å². The number of piperidine rings is 1. The van der Waals surface area contributed by atoms with Crippen LogP contribution in [0.2, 0.25) is 5.02 Å². The highest BCUT2D eigenvalue weighted by molar-refractivity contribution is 6.30. The van der Waals surface area contributed by atoms with Gasteiger partial charge in [-0.15, -0.1) is 0 Å². The smallest absolute Gasteiger partial charge is 0.227 e. The van der Waals surface area contributed by atoms with Gasteiger partial charge in [-0.05, 0) is 73.7 Å². The fourth-order valence-electron chi connectivity index (χ4n) is 4.87. The topological polar surface area (TPSA) is 35.6 Å². The molecule has 0 saturated carbocycles. The molecule has 2 aromatic rings. The van der Waals surface area contributed by atoms with Crippen molar-refractivity contribution in [3.8, 4) is 0 Å². The molecule has 4 rings (SSSR count). The van der Waals surface area contributed by atoms with Gasteiger partial charge in [-0.3, -0.25) is 4.79 Å². The maximum atomic E-state index is 13.6. The number of halogens is 2. The first-order chi connectivity index (χ1) is 14.4. The Hall–Kier alpha value is -2.11. The van der Waals surface area contributed by atoms with E-state index in [0.717, 1.165) is 47.9 Å². The van der Waals surface area contributed by atoms with E-state index in [2.05, 4.69) is 17.1 Å². The number of amides is 1. The van der Waals surface area contributed by atoms with E-state index in [1.54, 1.807) is 6.07 Å². The zero-order valence-corrected chi connectivity index (χ0v) is 18.4. The summed E-state index contributed by atoms with van der Waals surface area (Å²) >= 11 is 6.19. The molecule has 0 aliphatic carbocycles. The van der Waals surface area contributed by atoms with Crippen LogP contribution in [0.1, 0.15) is 29.0 Å². The van der Waals surface area contributed by atoms with Gasteiger partial charge in [-0.25, -0.2) is 4.39 Å². The maximum Gasteiger partial charge on any atom is 0.227 e. The van der Waals surface area contributed by atoms with Crippen LogP contribution >= 0.6 is 11.6 Å².